The normalized spacial score (nSPS) is 10.8. The van der Waals surface area contributed by atoms with Crippen LogP contribution in [-0.4, -0.2) is 27.6 Å². The summed E-state index contributed by atoms with van der Waals surface area (Å²) in [5, 5.41) is 11.9. The molecule has 3 aromatic rings. The molecule has 0 aliphatic carbocycles. The third kappa shape index (κ3) is 5.23. The molecule has 11 heteroatoms. The summed E-state index contributed by atoms with van der Waals surface area (Å²) >= 11 is 15.2. The maximum Gasteiger partial charge on any atom is 0.272 e. The summed E-state index contributed by atoms with van der Waals surface area (Å²) in [6, 6.07) is 7.38. The van der Waals surface area contributed by atoms with Gasteiger partial charge in [-0.25, -0.2) is 9.37 Å². The number of amides is 1. The fourth-order valence-corrected chi connectivity index (χ4v) is 3.51. The molecule has 0 aliphatic rings. The first-order chi connectivity index (χ1) is 14.3. The molecule has 1 amide bonds. The highest BCUT2D eigenvalue weighted by Crippen LogP contribution is 2.35. The number of carbonyl (C=O) groups is 1. The summed E-state index contributed by atoms with van der Waals surface area (Å²) in [4.78, 5) is 19.3. The summed E-state index contributed by atoms with van der Waals surface area (Å²) < 4.78 is 20.9. The standard InChI is InChI=1S/C19H16BrCl2FN4O3/c20-18-16(26-14(27-18)3-4-28)19(29)25-8-9-1-2-13(22)17(15(9)23)30-12-6-10(21)5-11(24)7-12/h1-2,5-7,28H,3-4,8,24H2,(H,25,29)(H,26,27). The lowest BCUT2D eigenvalue weighted by molar-refractivity contribution is 0.0945. The Morgan fingerprint density at radius 2 is 2.10 bits per heavy atom. The third-order valence-corrected chi connectivity index (χ3v) is 5.04. The third-order valence-electron chi connectivity index (χ3n) is 3.95. The van der Waals surface area contributed by atoms with Crippen molar-refractivity contribution < 1.29 is 19.0 Å². The molecule has 0 unspecified atom stereocenters. The second-order valence-electron chi connectivity index (χ2n) is 6.17. The maximum absolute atomic E-state index is 15.0. The fourth-order valence-electron chi connectivity index (χ4n) is 2.60. The van der Waals surface area contributed by atoms with Gasteiger partial charge < -0.3 is 25.9 Å². The Labute approximate surface area is 189 Å². The number of H-pyrrole nitrogens is 1. The lowest BCUT2D eigenvalue weighted by atomic mass is 10.2. The van der Waals surface area contributed by atoms with Crippen LogP contribution in [0, 0.1) is 5.82 Å². The van der Waals surface area contributed by atoms with Crippen molar-refractivity contribution in [3.05, 3.63) is 67.9 Å². The van der Waals surface area contributed by atoms with Crippen LogP contribution >= 0.6 is 39.1 Å². The Kier molecular flexibility index (Phi) is 7.19. The number of rotatable bonds is 7. The molecule has 0 saturated heterocycles. The smallest absolute Gasteiger partial charge is 0.272 e. The predicted molar refractivity (Wildman–Crippen MR) is 116 cm³/mol. The molecule has 7 nitrogen and oxygen atoms in total. The molecule has 158 valence electrons. The minimum Gasteiger partial charge on any atom is -0.453 e. The van der Waals surface area contributed by atoms with Crippen LogP contribution in [-0.2, 0) is 13.0 Å². The topological polar surface area (TPSA) is 113 Å². The van der Waals surface area contributed by atoms with Gasteiger partial charge in [0.25, 0.3) is 5.91 Å². The van der Waals surface area contributed by atoms with Gasteiger partial charge >= 0.3 is 0 Å². The molecule has 5 N–H and O–H groups in total. The van der Waals surface area contributed by atoms with E-state index in [2.05, 4.69) is 31.2 Å². The Morgan fingerprint density at radius 1 is 1.33 bits per heavy atom. The summed E-state index contributed by atoms with van der Waals surface area (Å²) in [6.45, 7) is -0.247. The van der Waals surface area contributed by atoms with Crippen LogP contribution in [0.3, 0.4) is 0 Å². The number of ether oxygens (including phenoxy) is 1. The van der Waals surface area contributed by atoms with Gasteiger partial charge in [0.2, 0.25) is 0 Å². The second kappa shape index (κ2) is 9.65. The first-order valence-corrected chi connectivity index (χ1v) is 10.2. The first-order valence-electron chi connectivity index (χ1n) is 8.62. The largest absolute Gasteiger partial charge is 0.453 e. The number of anilines is 1. The second-order valence-corrected chi connectivity index (χ2v) is 7.81. The van der Waals surface area contributed by atoms with Crippen LogP contribution in [0.15, 0.2) is 34.9 Å². The van der Waals surface area contributed by atoms with E-state index >= 15 is 0 Å². The lowest BCUT2D eigenvalue weighted by Gasteiger charge is -2.13. The molecule has 0 fully saturated rings. The highest BCUT2D eigenvalue weighted by Gasteiger charge is 2.19. The fraction of sp³-hybridized carbons (Fsp3) is 0.158. The highest BCUT2D eigenvalue weighted by atomic mass is 79.9. The number of nitrogens with one attached hydrogen (secondary N) is 2. The van der Waals surface area contributed by atoms with Crippen molar-refractivity contribution in [3.8, 4) is 11.5 Å². The van der Waals surface area contributed by atoms with Gasteiger partial charge in [0, 0.05) is 35.3 Å². The molecule has 0 aliphatic heterocycles. The number of carbonyl (C=O) groups excluding carboxylic acids is 1. The van der Waals surface area contributed by atoms with Crippen LogP contribution in [0.1, 0.15) is 21.9 Å². The van der Waals surface area contributed by atoms with Gasteiger partial charge in [-0.05, 0) is 34.1 Å². The van der Waals surface area contributed by atoms with E-state index in [0.29, 0.717) is 21.1 Å². The van der Waals surface area contributed by atoms with Crippen molar-refractivity contribution in [1.29, 1.82) is 0 Å². The first kappa shape index (κ1) is 22.4. The number of imidazole rings is 1. The van der Waals surface area contributed by atoms with Gasteiger partial charge in [-0.1, -0.05) is 29.3 Å². The monoisotopic (exact) mass is 516 g/mol. The summed E-state index contributed by atoms with van der Waals surface area (Å²) in [7, 11) is 0. The summed E-state index contributed by atoms with van der Waals surface area (Å²) in [5.41, 5.74) is 6.32. The zero-order valence-electron chi connectivity index (χ0n) is 15.3. The minimum absolute atomic E-state index is 0.0461. The van der Waals surface area contributed by atoms with E-state index in [9.17, 15) is 9.18 Å². The average Bonchev–Trinajstić information content (AvgIpc) is 3.04. The number of nitrogens with zero attached hydrogens (tertiary/aromatic N) is 1. The Balaban J connectivity index is 1.77. The van der Waals surface area contributed by atoms with Gasteiger partial charge in [-0.2, -0.15) is 0 Å². The molecule has 0 saturated carbocycles. The lowest BCUT2D eigenvalue weighted by Crippen LogP contribution is -2.24. The number of aromatic nitrogens is 2. The predicted octanol–water partition coefficient (Wildman–Crippen LogP) is 4.46. The molecule has 3 rings (SSSR count). The number of halogens is 4. The zero-order chi connectivity index (χ0) is 21.8. The van der Waals surface area contributed by atoms with E-state index in [1.54, 1.807) is 0 Å². The van der Waals surface area contributed by atoms with Crippen LogP contribution in [0.2, 0.25) is 10.0 Å². The number of aromatic amines is 1. The molecule has 2 aromatic carbocycles. The molecular weight excluding hydrogens is 502 g/mol. The van der Waals surface area contributed by atoms with E-state index in [1.165, 1.54) is 30.3 Å². The van der Waals surface area contributed by atoms with Crippen molar-refractivity contribution in [2.75, 3.05) is 12.3 Å². The average molecular weight is 518 g/mol. The molecule has 30 heavy (non-hydrogen) atoms. The SMILES string of the molecule is Nc1cc(Cl)cc(Oc2c(Cl)ccc(CNC(=O)c3nc(CCO)[nH]c3Br)c2F)c1. The maximum atomic E-state index is 15.0. The molecule has 1 heterocycles. The van der Waals surface area contributed by atoms with E-state index in [-0.39, 0.29) is 47.4 Å². The molecule has 0 spiro atoms. The van der Waals surface area contributed by atoms with Crippen LogP contribution in [0.25, 0.3) is 0 Å². The number of aliphatic hydroxyl groups excluding tert-OH is 1. The van der Waals surface area contributed by atoms with E-state index in [1.807, 2.05) is 0 Å². The van der Waals surface area contributed by atoms with Crippen molar-refractivity contribution in [2.45, 2.75) is 13.0 Å². The van der Waals surface area contributed by atoms with Crippen molar-refractivity contribution >= 4 is 50.7 Å². The number of benzene rings is 2. The minimum atomic E-state index is -0.733. The molecular formula is C19H16BrCl2FN4O3. The van der Waals surface area contributed by atoms with E-state index in [4.69, 9.17) is 38.8 Å². The van der Waals surface area contributed by atoms with Crippen molar-refractivity contribution in [2.24, 2.45) is 0 Å². The molecule has 0 bridgehead atoms. The number of nitrogen functional groups attached to an aromatic ring is 1. The number of nitrogens with two attached hydrogens (primary N) is 1. The van der Waals surface area contributed by atoms with Gasteiger partial charge in [0.15, 0.2) is 17.3 Å². The Hall–Kier alpha value is -2.33. The number of hydrogen-bond acceptors (Lipinski definition) is 5. The summed E-state index contributed by atoms with van der Waals surface area (Å²) in [6.07, 6.45) is 0.270. The molecule has 0 atom stereocenters. The Bertz CT molecular complexity index is 1070. The number of hydrogen-bond donors (Lipinski definition) is 4. The Morgan fingerprint density at radius 3 is 2.80 bits per heavy atom. The van der Waals surface area contributed by atoms with E-state index in [0.717, 1.165) is 0 Å². The van der Waals surface area contributed by atoms with Crippen LogP contribution in [0.5, 0.6) is 11.5 Å². The van der Waals surface area contributed by atoms with Gasteiger partial charge in [0.05, 0.1) is 11.6 Å². The molecule has 0 radical (unpaired) electrons. The molecule has 1 aromatic heterocycles. The van der Waals surface area contributed by atoms with Crippen molar-refractivity contribution in [3.63, 3.8) is 0 Å². The number of aliphatic hydroxyl groups is 1. The van der Waals surface area contributed by atoms with Gasteiger partial charge in [0.1, 0.15) is 16.2 Å². The van der Waals surface area contributed by atoms with Gasteiger partial charge in [-0.15, -0.1) is 0 Å². The van der Waals surface area contributed by atoms with Crippen molar-refractivity contribution in [1.82, 2.24) is 15.3 Å². The highest BCUT2D eigenvalue weighted by molar-refractivity contribution is 9.10. The summed E-state index contributed by atoms with van der Waals surface area (Å²) in [5.74, 6) is -0.802. The van der Waals surface area contributed by atoms with Gasteiger partial charge in [-0.3, -0.25) is 4.79 Å². The quantitative estimate of drug-likeness (QED) is 0.345. The zero-order valence-corrected chi connectivity index (χ0v) is 18.4. The van der Waals surface area contributed by atoms with Crippen LogP contribution in [0.4, 0.5) is 10.1 Å². The van der Waals surface area contributed by atoms with E-state index < -0.39 is 11.7 Å². The van der Waals surface area contributed by atoms with Crippen LogP contribution < -0.4 is 15.8 Å².